The summed E-state index contributed by atoms with van der Waals surface area (Å²) < 4.78 is 1.20. The number of aliphatic imine (C=N–C) groups is 1. The highest BCUT2D eigenvalue weighted by molar-refractivity contribution is 7.22. The van der Waals surface area contributed by atoms with Crippen molar-refractivity contribution < 1.29 is 0 Å². The number of aryl methyl sites for hydroxylation is 2. The fraction of sp³-hybridized carbons (Fsp3) is 0.389. The molecule has 2 aromatic heterocycles. The average molecular weight is 389 g/mol. The van der Waals surface area contributed by atoms with Gasteiger partial charge in [-0.15, -0.1) is 11.3 Å². The van der Waals surface area contributed by atoms with E-state index in [4.69, 9.17) is 0 Å². The summed E-state index contributed by atoms with van der Waals surface area (Å²) in [6.07, 6.45) is 0.907. The third-order valence-corrected chi connectivity index (χ3v) is 6.04. The number of thiazole rings is 2. The van der Waals surface area contributed by atoms with Crippen molar-refractivity contribution in [3.8, 4) is 0 Å². The van der Waals surface area contributed by atoms with Crippen LogP contribution >= 0.6 is 22.7 Å². The molecule has 0 spiro atoms. The van der Waals surface area contributed by atoms with Crippen molar-refractivity contribution in [1.82, 2.24) is 20.6 Å². The zero-order valence-corrected chi connectivity index (χ0v) is 16.9. The molecule has 0 amide bonds. The van der Waals surface area contributed by atoms with Gasteiger partial charge in [0.05, 0.1) is 20.9 Å². The maximum Gasteiger partial charge on any atom is 0.191 e. The molecule has 0 aliphatic heterocycles. The van der Waals surface area contributed by atoms with Crippen LogP contribution in [0.4, 0.5) is 5.13 Å². The number of benzene rings is 1. The fourth-order valence-electron chi connectivity index (χ4n) is 2.45. The first kappa shape index (κ1) is 18.6. The normalized spacial score (nSPS) is 11.7. The van der Waals surface area contributed by atoms with E-state index in [0.29, 0.717) is 0 Å². The van der Waals surface area contributed by atoms with Crippen LogP contribution in [-0.2, 0) is 6.42 Å². The summed E-state index contributed by atoms with van der Waals surface area (Å²) >= 11 is 3.44. The highest BCUT2D eigenvalue weighted by Gasteiger charge is 2.05. The van der Waals surface area contributed by atoms with Gasteiger partial charge in [-0.05, 0) is 26.0 Å². The van der Waals surface area contributed by atoms with Crippen molar-refractivity contribution in [2.24, 2.45) is 4.99 Å². The Labute approximate surface area is 161 Å². The molecule has 0 bridgehead atoms. The standard InChI is InChI=1S/C18H24N6S2/c1-12-13(2)25-16(23-12)8-9-20-17(19-3)21-10-11-22-18-24-14-6-4-5-7-15(14)26-18/h4-7H,8-11H2,1-3H3,(H,22,24)(H2,19,20,21). The molecule has 0 saturated heterocycles. The molecule has 2 heterocycles. The minimum Gasteiger partial charge on any atom is -0.360 e. The molecule has 0 fully saturated rings. The lowest BCUT2D eigenvalue weighted by atomic mass is 10.3. The van der Waals surface area contributed by atoms with Crippen molar-refractivity contribution in [1.29, 1.82) is 0 Å². The molecule has 6 nitrogen and oxygen atoms in total. The monoisotopic (exact) mass is 388 g/mol. The van der Waals surface area contributed by atoms with Crippen LogP contribution in [0.2, 0.25) is 0 Å². The average Bonchev–Trinajstić information content (AvgIpc) is 3.19. The van der Waals surface area contributed by atoms with Gasteiger partial charge in [0.25, 0.3) is 0 Å². The Hall–Kier alpha value is -2.19. The first-order valence-electron chi connectivity index (χ1n) is 8.62. The minimum absolute atomic E-state index is 0.769. The van der Waals surface area contributed by atoms with Gasteiger partial charge in [-0.1, -0.05) is 23.5 Å². The highest BCUT2D eigenvalue weighted by Crippen LogP contribution is 2.24. The van der Waals surface area contributed by atoms with Crippen LogP contribution in [0, 0.1) is 13.8 Å². The summed E-state index contributed by atoms with van der Waals surface area (Å²) in [5.74, 6) is 0.807. The van der Waals surface area contributed by atoms with Gasteiger partial charge in [0.2, 0.25) is 0 Å². The van der Waals surface area contributed by atoms with E-state index in [-0.39, 0.29) is 0 Å². The molecule has 0 atom stereocenters. The molecule has 26 heavy (non-hydrogen) atoms. The second kappa shape index (κ2) is 8.95. The number of aromatic nitrogens is 2. The molecule has 3 aromatic rings. The van der Waals surface area contributed by atoms with E-state index < -0.39 is 0 Å². The Balaban J connectivity index is 1.37. The third-order valence-electron chi connectivity index (χ3n) is 3.92. The molecule has 8 heteroatoms. The second-order valence-corrected chi connectivity index (χ2v) is 8.16. The molecule has 3 N–H and O–H groups in total. The van der Waals surface area contributed by atoms with Crippen LogP contribution in [0.25, 0.3) is 10.2 Å². The molecular weight excluding hydrogens is 364 g/mol. The number of fused-ring (bicyclic) bond motifs is 1. The molecule has 0 aliphatic carbocycles. The summed E-state index contributed by atoms with van der Waals surface area (Å²) in [7, 11) is 1.79. The van der Waals surface area contributed by atoms with E-state index >= 15 is 0 Å². The van der Waals surface area contributed by atoms with Crippen LogP contribution < -0.4 is 16.0 Å². The number of para-hydroxylation sites is 1. The Bertz CT molecular complexity index is 830. The first-order valence-corrected chi connectivity index (χ1v) is 10.3. The molecule has 0 radical (unpaired) electrons. The van der Waals surface area contributed by atoms with Crippen LogP contribution in [0.15, 0.2) is 29.3 Å². The number of guanidine groups is 1. The molecule has 138 valence electrons. The Morgan fingerprint density at radius 1 is 1.04 bits per heavy atom. The van der Waals surface area contributed by atoms with Crippen LogP contribution in [0.5, 0.6) is 0 Å². The van der Waals surface area contributed by atoms with Gasteiger partial charge in [-0.25, -0.2) is 9.97 Å². The fourth-order valence-corrected chi connectivity index (χ4v) is 4.28. The lowest BCUT2D eigenvalue weighted by Crippen LogP contribution is -2.40. The Morgan fingerprint density at radius 3 is 2.58 bits per heavy atom. The second-order valence-electron chi connectivity index (χ2n) is 5.84. The Kier molecular flexibility index (Phi) is 6.40. The number of nitrogens with zero attached hydrogens (tertiary/aromatic N) is 3. The lowest BCUT2D eigenvalue weighted by Gasteiger charge is -2.11. The van der Waals surface area contributed by atoms with Crippen LogP contribution in [0.3, 0.4) is 0 Å². The number of anilines is 1. The third kappa shape index (κ3) is 4.92. The summed E-state index contributed by atoms with van der Waals surface area (Å²) in [6.45, 7) is 6.54. The Morgan fingerprint density at radius 2 is 1.85 bits per heavy atom. The van der Waals surface area contributed by atoms with Crippen LogP contribution in [0.1, 0.15) is 15.6 Å². The zero-order valence-electron chi connectivity index (χ0n) is 15.3. The van der Waals surface area contributed by atoms with E-state index in [9.17, 15) is 0 Å². The van der Waals surface area contributed by atoms with Gasteiger partial charge < -0.3 is 16.0 Å². The molecule has 1 aromatic carbocycles. The molecule has 0 aliphatic rings. The summed E-state index contributed by atoms with van der Waals surface area (Å²) in [4.78, 5) is 14.7. The predicted molar refractivity (Wildman–Crippen MR) is 113 cm³/mol. The maximum atomic E-state index is 4.57. The highest BCUT2D eigenvalue weighted by atomic mass is 32.1. The van der Waals surface area contributed by atoms with E-state index in [2.05, 4.69) is 50.8 Å². The predicted octanol–water partition coefficient (Wildman–Crippen LogP) is 3.19. The van der Waals surface area contributed by atoms with Gasteiger partial charge in [-0.2, -0.15) is 0 Å². The van der Waals surface area contributed by atoms with Gasteiger partial charge in [0, 0.05) is 38.0 Å². The topological polar surface area (TPSA) is 74.2 Å². The summed E-state index contributed by atoms with van der Waals surface area (Å²) in [5.41, 5.74) is 2.17. The smallest absolute Gasteiger partial charge is 0.191 e. The van der Waals surface area contributed by atoms with Gasteiger partial charge in [0.15, 0.2) is 11.1 Å². The quantitative estimate of drug-likeness (QED) is 0.329. The van der Waals surface area contributed by atoms with Gasteiger partial charge in [0.1, 0.15) is 0 Å². The lowest BCUT2D eigenvalue weighted by molar-refractivity contribution is 0.794. The maximum absolute atomic E-state index is 4.57. The number of nitrogens with one attached hydrogen (secondary N) is 3. The summed E-state index contributed by atoms with van der Waals surface area (Å²) in [6, 6.07) is 8.17. The number of hydrogen-bond acceptors (Lipinski definition) is 6. The van der Waals surface area contributed by atoms with E-state index in [1.807, 2.05) is 18.2 Å². The first-order chi connectivity index (χ1) is 12.7. The van der Waals surface area contributed by atoms with Crippen molar-refractivity contribution >= 4 is 44.0 Å². The van der Waals surface area contributed by atoms with Crippen molar-refractivity contribution in [3.05, 3.63) is 39.8 Å². The SMILES string of the molecule is CN=C(NCCNc1nc2ccccc2s1)NCCc1nc(C)c(C)s1. The van der Waals surface area contributed by atoms with Gasteiger partial charge >= 0.3 is 0 Å². The van der Waals surface area contributed by atoms with Crippen molar-refractivity contribution in [3.63, 3.8) is 0 Å². The minimum atomic E-state index is 0.769. The van der Waals surface area contributed by atoms with Crippen LogP contribution in [-0.4, -0.2) is 42.6 Å². The van der Waals surface area contributed by atoms with Crippen molar-refractivity contribution in [2.75, 3.05) is 32.0 Å². The van der Waals surface area contributed by atoms with E-state index in [1.54, 1.807) is 29.7 Å². The molecule has 0 unspecified atom stereocenters. The number of rotatable bonds is 7. The molecule has 3 rings (SSSR count). The largest absolute Gasteiger partial charge is 0.360 e. The molecular formula is C18H24N6S2. The zero-order chi connectivity index (χ0) is 18.4. The van der Waals surface area contributed by atoms with Gasteiger partial charge in [-0.3, -0.25) is 4.99 Å². The molecule has 0 saturated carbocycles. The summed E-state index contributed by atoms with van der Waals surface area (Å²) in [5, 5.41) is 12.1. The van der Waals surface area contributed by atoms with E-state index in [0.717, 1.165) is 48.4 Å². The number of hydrogen-bond donors (Lipinski definition) is 3. The van der Waals surface area contributed by atoms with E-state index in [1.165, 1.54) is 14.6 Å². The van der Waals surface area contributed by atoms with Crippen molar-refractivity contribution in [2.45, 2.75) is 20.3 Å².